The minimum absolute atomic E-state index is 0.0320. The molecule has 1 atom stereocenters. The van der Waals surface area contributed by atoms with Crippen molar-refractivity contribution in [3.63, 3.8) is 0 Å². The number of alkyl halides is 2. The lowest BCUT2D eigenvalue weighted by molar-refractivity contribution is -0.0494. The molecule has 1 unspecified atom stereocenters. The summed E-state index contributed by atoms with van der Waals surface area (Å²) in [6, 6.07) is 19.1. The molecule has 0 aliphatic carbocycles. The predicted octanol–water partition coefficient (Wildman–Crippen LogP) is 6.45. The smallest absolute Gasteiger partial charge is 0.318 e. The van der Waals surface area contributed by atoms with Gasteiger partial charge in [-0.25, -0.2) is 18.0 Å². The summed E-state index contributed by atoms with van der Waals surface area (Å²) in [5, 5.41) is 3.01. The number of amides is 3. The lowest BCUT2D eigenvalue weighted by atomic mass is 9.93. The van der Waals surface area contributed by atoms with E-state index in [1.54, 1.807) is 41.6 Å². The Bertz CT molecular complexity index is 1730. The Hall–Kier alpha value is -4.86. The molecule has 4 aromatic rings. The van der Waals surface area contributed by atoms with Crippen LogP contribution in [0.25, 0.3) is 22.3 Å². The molecule has 3 aliphatic rings. The number of rotatable bonds is 5. The molecule has 1 aromatic heterocycles. The lowest BCUT2D eigenvalue weighted by Crippen LogP contribution is -2.42. The normalized spacial score (nSPS) is 18.2. The van der Waals surface area contributed by atoms with Crippen LogP contribution in [0.1, 0.15) is 39.9 Å². The maximum atomic E-state index is 13.8. The fourth-order valence-corrected chi connectivity index (χ4v) is 6.26. The number of carbonyl (C=O) groups excluding carboxylic acids is 2. The molecule has 0 spiro atoms. The van der Waals surface area contributed by atoms with Gasteiger partial charge in [0.25, 0.3) is 11.8 Å². The molecule has 1 fully saturated rings. The van der Waals surface area contributed by atoms with E-state index in [4.69, 9.17) is 4.74 Å². The average Bonchev–Trinajstić information content (AvgIpc) is 3.68. The third kappa shape index (κ3) is 5.96. The summed E-state index contributed by atoms with van der Waals surface area (Å²) in [5.41, 5.74) is 6.88. The molecule has 0 saturated carbocycles. The van der Waals surface area contributed by atoms with E-state index in [2.05, 4.69) is 10.3 Å². The van der Waals surface area contributed by atoms with Gasteiger partial charge in [-0.1, -0.05) is 24.3 Å². The Labute approximate surface area is 258 Å². The summed E-state index contributed by atoms with van der Waals surface area (Å²) >= 11 is 0. The number of likely N-dealkylation sites (tertiary alicyclic amines) is 1. The zero-order valence-electron chi connectivity index (χ0n) is 24.4. The summed E-state index contributed by atoms with van der Waals surface area (Å²) in [6.07, 6.45) is 3.15. The molecule has 4 heterocycles. The van der Waals surface area contributed by atoms with Gasteiger partial charge < -0.3 is 19.9 Å². The number of nitrogens with one attached hydrogen (secondary N) is 1. The van der Waals surface area contributed by atoms with Crippen molar-refractivity contribution in [1.29, 1.82) is 0 Å². The first-order valence-electron chi connectivity index (χ1n) is 15.0. The second-order valence-corrected chi connectivity index (χ2v) is 11.9. The number of benzene rings is 3. The second-order valence-electron chi connectivity index (χ2n) is 11.9. The van der Waals surface area contributed by atoms with Crippen molar-refractivity contribution in [2.45, 2.75) is 44.4 Å². The van der Waals surface area contributed by atoms with Crippen LogP contribution in [-0.4, -0.2) is 58.4 Å². The number of carbonyl (C=O) groups is 2. The first-order valence-corrected chi connectivity index (χ1v) is 15.0. The third-order valence-corrected chi connectivity index (χ3v) is 8.80. The Kier molecular flexibility index (Phi) is 7.43. The molecular weight excluding hydrogens is 581 g/mol. The first-order chi connectivity index (χ1) is 21.7. The van der Waals surface area contributed by atoms with Gasteiger partial charge in [0.1, 0.15) is 17.7 Å². The zero-order valence-corrected chi connectivity index (χ0v) is 24.4. The SMILES string of the molecule is O=C(NCC1Cc2cc(-c3ccc(C(=O)N4CCC(F)(F)CC4)cc3)cc(-c3ccc(F)cc3)c2O1)N1Cc2ccncc2C1. The standard InChI is InChI=1S/C35H31F3N4O3/c36-29-7-5-23(6-8-29)31-17-26(22-1-3-24(4-2-22)33(43)41-13-10-35(37,38)11-14-41)15-27-16-30(45-32(27)31)19-40-34(44)42-20-25-9-12-39-18-28(25)21-42/h1-9,12,15,17-18,30H,10-11,13-14,16,19-21H2,(H,40,44). The van der Waals surface area contributed by atoms with E-state index in [0.29, 0.717) is 37.4 Å². The van der Waals surface area contributed by atoms with Crippen molar-refractivity contribution in [2.24, 2.45) is 0 Å². The van der Waals surface area contributed by atoms with E-state index in [-0.39, 0.29) is 49.8 Å². The molecule has 3 aromatic carbocycles. The summed E-state index contributed by atoms with van der Waals surface area (Å²) < 4.78 is 47.3. The predicted molar refractivity (Wildman–Crippen MR) is 162 cm³/mol. The molecule has 45 heavy (non-hydrogen) atoms. The number of fused-ring (bicyclic) bond motifs is 2. The minimum Gasteiger partial charge on any atom is -0.487 e. The molecule has 3 amide bonds. The van der Waals surface area contributed by atoms with Crippen LogP contribution in [0, 0.1) is 5.82 Å². The van der Waals surface area contributed by atoms with Gasteiger partial charge in [-0.2, -0.15) is 0 Å². The molecule has 7 nitrogen and oxygen atoms in total. The summed E-state index contributed by atoms with van der Waals surface area (Å²) in [4.78, 5) is 33.3. The Morgan fingerprint density at radius 1 is 0.867 bits per heavy atom. The van der Waals surface area contributed by atoms with Crippen molar-refractivity contribution in [3.05, 3.63) is 107 Å². The van der Waals surface area contributed by atoms with Gasteiger partial charge in [0.2, 0.25) is 0 Å². The van der Waals surface area contributed by atoms with Crippen molar-refractivity contribution in [2.75, 3.05) is 19.6 Å². The van der Waals surface area contributed by atoms with Gasteiger partial charge in [-0.05, 0) is 75.8 Å². The van der Waals surface area contributed by atoms with Crippen molar-refractivity contribution in [3.8, 4) is 28.0 Å². The van der Waals surface area contributed by atoms with Gasteiger partial charge in [0.15, 0.2) is 0 Å². The molecule has 1 saturated heterocycles. The minimum atomic E-state index is -2.72. The number of halogens is 3. The molecule has 1 N–H and O–H groups in total. The van der Waals surface area contributed by atoms with Crippen molar-refractivity contribution in [1.82, 2.24) is 20.1 Å². The number of hydrogen-bond donors (Lipinski definition) is 1. The molecule has 7 rings (SSSR count). The van der Waals surface area contributed by atoms with E-state index in [9.17, 15) is 22.8 Å². The molecule has 0 radical (unpaired) electrons. The molecule has 10 heteroatoms. The van der Waals surface area contributed by atoms with Crippen LogP contribution in [0.4, 0.5) is 18.0 Å². The molecule has 230 valence electrons. The maximum Gasteiger partial charge on any atom is 0.318 e. The number of piperidine rings is 1. The van der Waals surface area contributed by atoms with Crippen LogP contribution in [0.15, 0.2) is 79.1 Å². The van der Waals surface area contributed by atoms with E-state index in [1.165, 1.54) is 17.0 Å². The average molecular weight is 613 g/mol. The highest BCUT2D eigenvalue weighted by molar-refractivity contribution is 5.95. The highest BCUT2D eigenvalue weighted by atomic mass is 19.3. The third-order valence-electron chi connectivity index (χ3n) is 8.80. The fraction of sp³-hybridized carbons (Fsp3) is 0.286. The summed E-state index contributed by atoms with van der Waals surface area (Å²) in [6.45, 7) is 1.42. The largest absolute Gasteiger partial charge is 0.487 e. The van der Waals surface area contributed by atoms with Gasteiger partial charge in [-0.15, -0.1) is 0 Å². The Morgan fingerprint density at radius 2 is 1.58 bits per heavy atom. The number of nitrogens with zero attached hydrogens (tertiary/aromatic N) is 3. The summed E-state index contributed by atoms with van der Waals surface area (Å²) in [5.74, 6) is -2.63. The molecule has 0 bridgehead atoms. The van der Waals surface area contributed by atoms with Gasteiger partial charge in [0.05, 0.1) is 6.54 Å². The van der Waals surface area contributed by atoms with Gasteiger partial charge in [0, 0.05) is 69.0 Å². The van der Waals surface area contributed by atoms with Crippen LogP contribution >= 0.6 is 0 Å². The van der Waals surface area contributed by atoms with Crippen LogP contribution in [0.5, 0.6) is 5.75 Å². The Balaban J connectivity index is 1.09. The van der Waals surface area contributed by atoms with Crippen molar-refractivity contribution >= 4 is 11.9 Å². The first kappa shape index (κ1) is 28.9. The van der Waals surface area contributed by atoms with Gasteiger partial charge in [-0.3, -0.25) is 9.78 Å². The van der Waals surface area contributed by atoms with Crippen LogP contribution in [-0.2, 0) is 19.5 Å². The van der Waals surface area contributed by atoms with E-state index < -0.39 is 5.92 Å². The van der Waals surface area contributed by atoms with E-state index in [1.807, 2.05) is 30.3 Å². The van der Waals surface area contributed by atoms with Crippen LogP contribution in [0.2, 0.25) is 0 Å². The topological polar surface area (TPSA) is 74.8 Å². The zero-order chi connectivity index (χ0) is 31.1. The lowest BCUT2D eigenvalue weighted by Gasteiger charge is -2.31. The second kappa shape index (κ2) is 11.6. The number of hydrogen-bond acceptors (Lipinski definition) is 4. The van der Waals surface area contributed by atoms with Gasteiger partial charge >= 0.3 is 6.03 Å². The quantitative estimate of drug-likeness (QED) is 0.281. The molecule has 3 aliphatic heterocycles. The van der Waals surface area contributed by atoms with Crippen LogP contribution < -0.4 is 10.1 Å². The molecular formula is C35H31F3N4O3. The summed E-state index contributed by atoms with van der Waals surface area (Å²) in [7, 11) is 0. The Morgan fingerprint density at radius 3 is 2.31 bits per heavy atom. The maximum absolute atomic E-state index is 13.8. The fourth-order valence-electron chi connectivity index (χ4n) is 6.26. The number of aromatic nitrogens is 1. The number of ether oxygens (including phenoxy) is 1. The van der Waals surface area contributed by atoms with Crippen molar-refractivity contribution < 1.29 is 27.5 Å². The highest BCUT2D eigenvalue weighted by Crippen LogP contribution is 2.42. The monoisotopic (exact) mass is 612 g/mol. The number of urea groups is 1. The van der Waals surface area contributed by atoms with E-state index >= 15 is 0 Å². The number of pyridine rings is 1. The van der Waals surface area contributed by atoms with E-state index in [0.717, 1.165) is 38.9 Å². The highest BCUT2D eigenvalue weighted by Gasteiger charge is 2.36. The van der Waals surface area contributed by atoms with Crippen LogP contribution in [0.3, 0.4) is 0 Å².